The first kappa shape index (κ1) is 29.2. The van der Waals surface area contributed by atoms with Gasteiger partial charge in [0.05, 0.1) is 12.2 Å². The molecule has 0 aliphatic carbocycles. The van der Waals surface area contributed by atoms with E-state index in [2.05, 4.69) is 27.7 Å². The highest BCUT2D eigenvalue weighted by atomic mass is 16.5. The molecule has 0 radical (unpaired) electrons. The smallest absolute Gasteiger partial charge is 0.326 e. The van der Waals surface area contributed by atoms with Crippen molar-refractivity contribution < 1.29 is 19.4 Å². The Bertz CT molecular complexity index is 895. The van der Waals surface area contributed by atoms with Crippen LogP contribution < -0.4 is 10.6 Å². The summed E-state index contributed by atoms with van der Waals surface area (Å²) in [7, 11) is 0. The number of fused-ring (bicyclic) bond motifs is 1. The minimum atomic E-state index is -0.993. The molecule has 1 saturated heterocycles. The zero-order chi connectivity index (χ0) is 27.0. The van der Waals surface area contributed by atoms with E-state index in [1.54, 1.807) is 4.90 Å². The van der Waals surface area contributed by atoms with Crippen LogP contribution >= 0.6 is 0 Å². The second-order valence-corrected chi connectivity index (χ2v) is 11.6. The minimum absolute atomic E-state index is 0.149. The Morgan fingerprint density at radius 3 is 2.65 bits per heavy atom. The molecule has 2 aliphatic rings. The van der Waals surface area contributed by atoms with Gasteiger partial charge < -0.3 is 30.3 Å². The summed E-state index contributed by atoms with van der Waals surface area (Å²) in [6, 6.07) is 3.44. The number of nitrogens with one attached hydrogen (secondary N) is 2. The summed E-state index contributed by atoms with van der Waals surface area (Å²) in [4.78, 5) is 33.3. The van der Waals surface area contributed by atoms with Gasteiger partial charge in [0, 0.05) is 37.4 Å². The highest BCUT2D eigenvalue weighted by molar-refractivity contribution is 5.83. The van der Waals surface area contributed by atoms with Crippen LogP contribution in [0.3, 0.4) is 0 Å². The van der Waals surface area contributed by atoms with Crippen LogP contribution in [0, 0.1) is 0 Å². The highest BCUT2D eigenvalue weighted by Crippen LogP contribution is 2.25. The van der Waals surface area contributed by atoms with Gasteiger partial charge in [-0.2, -0.15) is 0 Å². The molecule has 2 amide bonds. The molecule has 3 rings (SSSR count). The average molecular weight is 518 g/mol. The largest absolute Gasteiger partial charge is 0.480 e. The number of rotatable bonds is 13. The Morgan fingerprint density at radius 1 is 1.22 bits per heavy atom. The zero-order valence-electron chi connectivity index (χ0n) is 23.4. The van der Waals surface area contributed by atoms with Crippen LogP contribution in [-0.4, -0.2) is 88.4 Å². The van der Waals surface area contributed by atoms with Crippen molar-refractivity contribution in [3.8, 4) is 0 Å². The Balaban J connectivity index is 1.49. The number of pyridine rings is 1. The van der Waals surface area contributed by atoms with Crippen molar-refractivity contribution in [2.45, 2.75) is 103 Å². The molecule has 2 aliphatic heterocycles. The first-order chi connectivity index (χ1) is 17.5. The molecule has 3 atom stereocenters. The van der Waals surface area contributed by atoms with Gasteiger partial charge in [0.1, 0.15) is 11.9 Å². The number of carboxylic acid groups (broad SMARTS) is 1. The first-order valence-electron chi connectivity index (χ1n) is 13.9. The molecule has 1 fully saturated rings. The number of likely N-dealkylation sites (tertiary alicyclic amines) is 1. The number of carbonyl (C=O) groups excluding carboxylic acids is 1. The number of aryl methyl sites for hydroxylation is 2. The molecule has 9 heteroatoms. The van der Waals surface area contributed by atoms with Gasteiger partial charge in [0.2, 0.25) is 0 Å². The van der Waals surface area contributed by atoms with Crippen molar-refractivity contribution in [2.24, 2.45) is 0 Å². The Morgan fingerprint density at radius 2 is 1.97 bits per heavy atom. The maximum atomic E-state index is 12.6. The molecule has 3 N–H and O–H groups in total. The third kappa shape index (κ3) is 9.14. The number of nitrogens with zero attached hydrogens (tertiary/aromatic N) is 3. The SMILES string of the molecule is C[C@@H]1C[C@@H](C)N1C(=O)N[C@@H](CCN(CCCCc1ccc2c(n1)NCCC2)CCOC(C)(C)C)C(=O)O. The van der Waals surface area contributed by atoms with Crippen LogP contribution in [0.4, 0.5) is 10.6 Å². The lowest BCUT2D eigenvalue weighted by atomic mass is 9.96. The number of aromatic nitrogens is 1. The van der Waals surface area contributed by atoms with Gasteiger partial charge in [0.25, 0.3) is 0 Å². The second-order valence-electron chi connectivity index (χ2n) is 11.6. The summed E-state index contributed by atoms with van der Waals surface area (Å²) >= 11 is 0. The predicted molar refractivity (Wildman–Crippen MR) is 146 cm³/mol. The van der Waals surface area contributed by atoms with Crippen molar-refractivity contribution in [3.05, 3.63) is 23.4 Å². The monoisotopic (exact) mass is 517 g/mol. The summed E-state index contributed by atoms with van der Waals surface area (Å²) in [5, 5.41) is 15.9. The van der Waals surface area contributed by atoms with Gasteiger partial charge in [-0.3, -0.25) is 0 Å². The van der Waals surface area contributed by atoms with E-state index >= 15 is 0 Å². The standard InChI is InChI=1S/C28H47N5O4/c1-20-19-21(2)33(20)27(36)31-24(26(34)35)13-16-32(17-18-37-28(3,4)5)15-7-6-10-23-12-11-22-9-8-14-29-25(22)30-23/h11-12,20-21,24H,6-10,13-19H2,1-5H3,(H,29,30)(H,31,36)(H,34,35)/t20-,21-,24+/m1/s1. The predicted octanol–water partition coefficient (Wildman–Crippen LogP) is 3.92. The number of aliphatic carboxylic acids is 1. The molecule has 208 valence electrons. The summed E-state index contributed by atoms with van der Waals surface area (Å²) in [6.07, 6.45) is 6.46. The number of ether oxygens (including phenoxy) is 1. The van der Waals surface area contributed by atoms with E-state index in [1.165, 1.54) is 5.56 Å². The Hall–Kier alpha value is -2.39. The molecule has 0 aromatic carbocycles. The van der Waals surface area contributed by atoms with Gasteiger partial charge in [0.15, 0.2) is 0 Å². The van der Waals surface area contributed by atoms with Crippen LogP contribution in [0.5, 0.6) is 0 Å². The van der Waals surface area contributed by atoms with E-state index in [1.807, 2.05) is 34.6 Å². The fraction of sp³-hybridized carbons (Fsp3) is 0.750. The number of amides is 2. The maximum absolute atomic E-state index is 12.6. The number of anilines is 1. The molecule has 9 nitrogen and oxygen atoms in total. The quantitative estimate of drug-likeness (QED) is 0.341. The van der Waals surface area contributed by atoms with Crippen molar-refractivity contribution in [1.82, 2.24) is 20.1 Å². The van der Waals surface area contributed by atoms with E-state index in [-0.39, 0.29) is 23.7 Å². The van der Waals surface area contributed by atoms with Gasteiger partial charge >= 0.3 is 12.0 Å². The lowest BCUT2D eigenvalue weighted by Crippen LogP contribution is -2.61. The number of unbranched alkanes of at least 4 members (excludes halogenated alkanes) is 1. The molecule has 0 unspecified atom stereocenters. The summed E-state index contributed by atoms with van der Waals surface area (Å²) in [5.41, 5.74) is 2.19. The summed E-state index contributed by atoms with van der Waals surface area (Å²) in [6.45, 7) is 13.8. The molecular weight excluding hydrogens is 470 g/mol. The van der Waals surface area contributed by atoms with E-state index < -0.39 is 12.0 Å². The maximum Gasteiger partial charge on any atom is 0.326 e. The van der Waals surface area contributed by atoms with Crippen molar-refractivity contribution in [1.29, 1.82) is 0 Å². The van der Waals surface area contributed by atoms with Gasteiger partial charge in [-0.25, -0.2) is 14.6 Å². The lowest BCUT2D eigenvalue weighted by molar-refractivity contribution is -0.139. The summed E-state index contributed by atoms with van der Waals surface area (Å²) < 4.78 is 5.93. The molecule has 0 spiro atoms. The van der Waals surface area contributed by atoms with E-state index in [9.17, 15) is 14.7 Å². The molecule has 0 bridgehead atoms. The van der Waals surface area contributed by atoms with Crippen LogP contribution in [-0.2, 0) is 22.4 Å². The number of carboxylic acids is 1. The number of carbonyl (C=O) groups is 2. The Kier molecular flexibility index (Phi) is 10.6. The highest BCUT2D eigenvalue weighted by Gasteiger charge is 2.37. The van der Waals surface area contributed by atoms with E-state index in [0.717, 1.165) is 69.7 Å². The van der Waals surface area contributed by atoms with Crippen LogP contribution in [0.2, 0.25) is 0 Å². The molecular formula is C28H47N5O4. The minimum Gasteiger partial charge on any atom is -0.480 e. The fourth-order valence-corrected chi connectivity index (χ4v) is 5.18. The summed E-state index contributed by atoms with van der Waals surface area (Å²) in [5.74, 6) is 0.0423. The van der Waals surface area contributed by atoms with Crippen LogP contribution in [0.15, 0.2) is 12.1 Å². The topological polar surface area (TPSA) is 107 Å². The third-order valence-corrected chi connectivity index (χ3v) is 7.25. The fourth-order valence-electron chi connectivity index (χ4n) is 5.18. The van der Waals surface area contributed by atoms with Crippen LogP contribution in [0.25, 0.3) is 0 Å². The third-order valence-electron chi connectivity index (χ3n) is 7.25. The van der Waals surface area contributed by atoms with Crippen molar-refractivity contribution in [3.63, 3.8) is 0 Å². The van der Waals surface area contributed by atoms with Crippen molar-refractivity contribution >= 4 is 17.8 Å². The Labute approximate surface area is 222 Å². The number of hydrogen-bond acceptors (Lipinski definition) is 6. The number of urea groups is 1. The van der Waals surface area contributed by atoms with Gasteiger partial charge in [-0.15, -0.1) is 0 Å². The van der Waals surface area contributed by atoms with Crippen molar-refractivity contribution in [2.75, 3.05) is 38.1 Å². The van der Waals surface area contributed by atoms with Gasteiger partial charge in [-0.1, -0.05) is 6.07 Å². The molecule has 3 heterocycles. The molecule has 1 aromatic heterocycles. The van der Waals surface area contributed by atoms with E-state index in [0.29, 0.717) is 19.6 Å². The van der Waals surface area contributed by atoms with Crippen LogP contribution in [0.1, 0.15) is 78.0 Å². The number of hydrogen-bond donors (Lipinski definition) is 3. The average Bonchev–Trinajstić information content (AvgIpc) is 2.82. The van der Waals surface area contributed by atoms with Gasteiger partial charge in [-0.05, 0) is 97.7 Å². The molecule has 37 heavy (non-hydrogen) atoms. The normalized spacial score (nSPS) is 20.1. The molecule has 0 saturated carbocycles. The van der Waals surface area contributed by atoms with E-state index in [4.69, 9.17) is 9.72 Å². The second kappa shape index (κ2) is 13.4. The lowest BCUT2D eigenvalue weighted by Gasteiger charge is -2.45. The molecule has 1 aromatic rings. The first-order valence-corrected chi connectivity index (χ1v) is 13.9. The zero-order valence-corrected chi connectivity index (χ0v) is 23.4.